The molecule has 9 nitrogen and oxygen atoms in total. The first-order valence-electron chi connectivity index (χ1n) is 14.5. The van der Waals surface area contributed by atoms with E-state index in [9.17, 15) is 5.11 Å². The fourth-order valence-electron chi connectivity index (χ4n) is 6.05. The molecule has 0 saturated carbocycles. The van der Waals surface area contributed by atoms with Crippen LogP contribution in [0.1, 0.15) is 56.2 Å². The van der Waals surface area contributed by atoms with E-state index in [4.69, 9.17) is 0 Å². The van der Waals surface area contributed by atoms with Crippen LogP contribution in [0.15, 0.2) is 43.1 Å². The lowest BCUT2D eigenvalue weighted by Gasteiger charge is -2.34. The van der Waals surface area contributed by atoms with Gasteiger partial charge in [0.25, 0.3) is 0 Å². The normalized spacial score (nSPS) is 18.7. The highest BCUT2D eigenvalue weighted by Gasteiger charge is 2.26. The van der Waals surface area contributed by atoms with Crippen molar-refractivity contribution in [3.63, 3.8) is 0 Å². The maximum atomic E-state index is 15.3. The third kappa shape index (κ3) is 5.73. The summed E-state index contributed by atoms with van der Waals surface area (Å²) < 4.78 is 32.4. The first-order chi connectivity index (χ1) is 20.0. The van der Waals surface area contributed by atoms with Gasteiger partial charge in [-0.25, -0.2) is 28.7 Å². The molecule has 1 atom stereocenters. The van der Waals surface area contributed by atoms with Gasteiger partial charge in [-0.15, -0.1) is 0 Å². The Bertz CT molecular complexity index is 1490. The molecule has 4 aromatic rings. The van der Waals surface area contributed by atoms with Gasteiger partial charge in [-0.1, -0.05) is 19.4 Å². The number of fused-ring (bicyclic) bond motifs is 1. The van der Waals surface area contributed by atoms with Crippen molar-refractivity contribution in [1.82, 2.24) is 29.4 Å². The lowest BCUT2D eigenvalue weighted by molar-refractivity contribution is 0.0840. The molecule has 0 bridgehead atoms. The third-order valence-corrected chi connectivity index (χ3v) is 8.44. The van der Waals surface area contributed by atoms with Crippen molar-refractivity contribution in [2.45, 2.75) is 64.1 Å². The number of nitrogens with zero attached hydrogens (tertiary/aromatic N) is 7. The molecule has 0 aliphatic carbocycles. The number of likely N-dealkylation sites (tertiary alicyclic amines) is 1. The molecule has 2 aliphatic heterocycles. The molecule has 11 heteroatoms. The van der Waals surface area contributed by atoms with Crippen LogP contribution in [0, 0.1) is 11.6 Å². The van der Waals surface area contributed by atoms with Crippen LogP contribution >= 0.6 is 0 Å². The fourth-order valence-corrected chi connectivity index (χ4v) is 6.05. The average molecular weight is 563 g/mol. The fraction of sp³-hybridized carbons (Fsp3) is 0.467. The van der Waals surface area contributed by atoms with Crippen LogP contribution in [0.2, 0.25) is 0 Å². The Morgan fingerprint density at radius 2 is 1.76 bits per heavy atom. The molecule has 41 heavy (non-hydrogen) atoms. The predicted molar refractivity (Wildman–Crippen MR) is 154 cm³/mol. The largest absolute Gasteiger partial charge is 0.395 e. The number of nitrogens with one attached hydrogen (secondary N) is 1. The van der Waals surface area contributed by atoms with Crippen molar-refractivity contribution in [1.29, 1.82) is 0 Å². The maximum Gasteiger partial charge on any atom is 0.225 e. The van der Waals surface area contributed by atoms with E-state index in [0.29, 0.717) is 12.2 Å². The minimum atomic E-state index is -0.443. The van der Waals surface area contributed by atoms with Crippen LogP contribution in [0.3, 0.4) is 0 Å². The van der Waals surface area contributed by atoms with E-state index in [0.717, 1.165) is 75.2 Å². The second-order valence-corrected chi connectivity index (χ2v) is 11.0. The molecule has 2 N–H and O–H groups in total. The smallest absolute Gasteiger partial charge is 0.225 e. The van der Waals surface area contributed by atoms with Crippen LogP contribution in [0.25, 0.3) is 11.0 Å². The van der Waals surface area contributed by atoms with Crippen LogP contribution in [0.4, 0.5) is 26.2 Å². The highest BCUT2D eigenvalue weighted by molar-refractivity contribution is 5.90. The minimum absolute atomic E-state index is 0.0597. The first kappa shape index (κ1) is 27.5. The van der Waals surface area contributed by atoms with Crippen molar-refractivity contribution in [2.75, 3.05) is 36.5 Å². The number of anilines is 3. The van der Waals surface area contributed by atoms with E-state index in [1.165, 1.54) is 18.6 Å². The van der Waals surface area contributed by atoms with Gasteiger partial charge < -0.3 is 19.9 Å². The van der Waals surface area contributed by atoms with Crippen molar-refractivity contribution in [3.8, 4) is 0 Å². The molecule has 2 fully saturated rings. The Morgan fingerprint density at radius 3 is 2.49 bits per heavy atom. The number of aliphatic hydroxyl groups excluding tert-OH is 1. The zero-order valence-electron chi connectivity index (χ0n) is 23.3. The molecular formula is C30H36F2N8O. The number of piperidine rings is 2. The summed E-state index contributed by atoms with van der Waals surface area (Å²) in [6.07, 6.45) is 12.2. The number of halogens is 2. The Morgan fingerprint density at radius 1 is 0.951 bits per heavy atom. The summed E-state index contributed by atoms with van der Waals surface area (Å²) in [5.74, 6) is 0.0701. The lowest BCUT2D eigenvalue weighted by Crippen LogP contribution is -2.41. The van der Waals surface area contributed by atoms with Gasteiger partial charge in [-0.05, 0) is 61.9 Å². The summed E-state index contributed by atoms with van der Waals surface area (Å²) in [4.78, 5) is 22.0. The second-order valence-electron chi connectivity index (χ2n) is 11.0. The van der Waals surface area contributed by atoms with Crippen molar-refractivity contribution in [2.24, 2.45) is 0 Å². The van der Waals surface area contributed by atoms with E-state index in [1.807, 2.05) is 23.0 Å². The SMILES string of the molecule is CCc1cnc(N2CCC(n3cc(F)c4c(Nc5ccc(CN6CCCC[C@@H]6CO)cc5F)ncnc43)CC2)nc1. The van der Waals surface area contributed by atoms with Crippen molar-refractivity contribution in [3.05, 3.63) is 65.9 Å². The van der Waals surface area contributed by atoms with E-state index >= 15 is 8.78 Å². The predicted octanol–water partition coefficient (Wildman–Crippen LogP) is 4.99. The van der Waals surface area contributed by atoms with Gasteiger partial charge in [0.2, 0.25) is 5.95 Å². The monoisotopic (exact) mass is 562 g/mol. The van der Waals surface area contributed by atoms with Crippen LogP contribution < -0.4 is 10.2 Å². The molecule has 0 radical (unpaired) electrons. The summed E-state index contributed by atoms with van der Waals surface area (Å²) in [6, 6.07) is 5.19. The Kier molecular flexibility index (Phi) is 8.06. The Balaban J connectivity index is 1.17. The molecule has 216 valence electrons. The summed E-state index contributed by atoms with van der Waals surface area (Å²) in [5.41, 5.74) is 2.64. The molecule has 1 aromatic carbocycles. The van der Waals surface area contributed by atoms with Crippen LogP contribution in [-0.4, -0.2) is 66.8 Å². The van der Waals surface area contributed by atoms with E-state index in [1.54, 1.807) is 6.07 Å². The second kappa shape index (κ2) is 12.0. The first-order valence-corrected chi connectivity index (χ1v) is 14.5. The highest BCUT2D eigenvalue weighted by Crippen LogP contribution is 2.33. The summed E-state index contributed by atoms with van der Waals surface area (Å²) >= 11 is 0. The molecule has 2 aliphatic rings. The minimum Gasteiger partial charge on any atom is -0.395 e. The van der Waals surface area contributed by atoms with Gasteiger partial charge in [0.1, 0.15) is 23.6 Å². The number of aliphatic hydroxyl groups is 1. The number of hydrogen-bond donors (Lipinski definition) is 2. The third-order valence-electron chi connectivity index (χ3n) is 8.44. The lowest BCUT2D eigenvalue weighted by atomic mass is 10.0. The quantitative estimate of drug-likeness (QED) is 0.310. The Hall–Kier alpha value is -3.70. The number of rotatable bonds is 8. The number of aryl methyl sites for hydroxylation is 1. The number of benzene rings is 1. The summed E-state index contributed by atoms with van der Waals surface area (Å²) in [6.45, 7) is 5.15. The topological polar surface area (TPSA) is 95.2 Å². The molecule has 0 unspecified atom stereocenters. The van der Waals surface area contributed by atoms with E-state index < -0.39 is 11.6 Å². The molecule has 3 aromatic heterocycles. The van der Waals surface area contributed by atoms with E-state index in [-0.39, 0.29) is 35.6 Å². The van der Waals surface area contributed by atoms with Gasteiger partial charge in [0.15, 0.2) is 5.82 Å². The highest BCUT2D eigenvalue weighted by atomic mass is 19.1. The number of hydrogen-bond acceptors (Lipinski definition) is 8. The molecular weight excluding hydrogens is 526 g/mol. The Labute approximate surface area is 238 Å². The van der Waals surface area contributed by atoms with Crippen molar-refractivity contribution >= 4 is 28.5 Å². The zero-order chi connectivity index (χ0) is 28.3. The zero-order valence-corrected chi connectivity index (χ0v) is 23.3. The van der Waals surface area contributed by atoms with Gasteiger partial charge in [-0.3, -0.25) is 4.90 Å². The van der Waals surface area contributed by atoms with Crippen LogP contribution in [0.5, 0.6) is 0 Å². The standard InChI is InChI=1S/C30H36F2N8O/c1-2-20-14-33-30(34-15-20)38-11-8-22(9-12-38)40-17-25(32)27-28(35-19-36-29(27)40)37-26-7-6-21(13-24(26)31)16-39-10-4-3-5-23(39)18-41/h6-7,13-15,17,19,22-23,41H,2-5,8-12,16,18H2,1H3,(H,35,36,37)/t23-/m1/s1. The molecule has 6 rings (SSSR count). The van der Waals surface area contributed by atoms with Gasteiger partial charge in [-0.2, -0.15) is 0 Å². The van der Waals surface area contributed by atoms with Crippen molar-refractivity contribution < 1.29 is 13.9 Å². The average Bonchev–Trinajstić information content (AvgIpc) is 3.36. The molecule has 2 saturated heterocycles. The van der Waals surface area contributed by atoms with Gasteiger partial charge in [0.05, 0.1) is 17.7 Å². The van der Waals surface area contributed by atoms with E-state index in [2.05, 4.69) is 42.0 Å². The molecule has 0 spiro atoms. The van der Waals surface area contributed by atoms with Gasteiger partial charge in [0, 0.05) is 50.3 Å². The summed E-state index contributed by atoms with van der Waals surface area (Å²) in [7, 11) is 0. The number of aromatic nitrogens is 5. The van der Waals surface area contributed by atoms with Crippen LogP contribution in [-0.2, 0) is 13.0 Å². The molecule has 0 amide bonds. The van der Waals surface area contributed by atoms with Gasteiger partial charge >= 0.3 is 0 Å². The maximum absolute atomic E-state index is 15.3. The molecule has 5 heterocycles. The summed E-state index contributed by atoms with van der Waals surface area (Å²) in [5, 5.41) is 12.9.